The number of aryl methyl sites for hydroxylation is 1. The number of hydrogen-bond donors (Lipinski definition) is 1. The number of nitrogens with zero attached hydrogens (tertiary/aromatic N) is 2. The number of thioether (sulfide) groups is 1. The molecule has 1 heterocycles. The molecule has 7 heteroatoms. The Labute approximate surface area is 166 Å². The molecule has 1 amide bonds. The van der Waals surface area contributed by atoms with E-state index in [9.17, 15) is 9.18 Å². The molecule has 0 bridgehead atoms. The van der Waals surface area contributed by atoms with Crippen LogP contribution in [-0.4, -0.2) is 21.6 Å². The van der Waals surface area contributed by atoms with Crippen LogP contribution in [0.3, 0.4) is 0 Å². The lowest BCUT2D eigenvalue weighted by molar-refractivity contribution is -0.118. The number of aromatic nitrogens is 2. The van der Waals surface area contributed by atoms with Gasteiger partial charge in [-0.15, -0.1) is 0 Å². The molecule has 0 aliphatic rings. The molecule has 0 saturated heterocycles. The molecule has 0 unspecified atom stereocenters. The third kappa shape index (κ3) is 5.77. The van der Waals surface area contributed by atoms with Gasteiger partial charge in [0.1, 0.15) is 10.8 Å². The maximum atomic E-state index is 13.1. The lowest BCUT2D eigenvalue weighted by atomic mass is 10.2. The molecule has 0 radical (unpaired) electrons. The van der Waals surface area contributed by atoms with Crippen molar-refractivity contribution in [1.82, 2.24) is 15.3 Å². The van der Waals surface area contributed by atoms with E-state index in [-0.39, 0.29) is 17.5 Å². The summed E-state index contributed by atoms with van der Waals surface area (Å²) in [4.78, 5) is 20.9. The number of benzene rings is 2. The van der Waals surface area contributed by atoms with Gasteiger partial charge in [-0.3, -0.25) is 4.79 Å². The normalized spacial score (nSPS) is 10.6. The summed E-state index contributed by atoms with van der Waals surface area (Å²) < 4.78 is 13.1. The van der Waals surface area contributed by atoms with E-state index in [1.165, 1.54) is 23.9 Å². The molecule has 138 valence electrons. The summed E-state index contributed by atoms with van der Waals surface area (Å²) in [7, 11) is 0. The Morgan fingerprint density at radius 1 is 1.11 bits per heavy atom. The van der Waals surface area contributed by atoms with Crippen molar-refractivity contribution in [1.29, 1.82) is 0 Å². The van der Waals surface area contributed by atoms with Crippen LogP contribution in [0.4, 0.5) is 4.39 Å². The fraction of sp³-hybridized carbons (Fsp3) is 0.150. The smallest absolute Gasteiger partial charge is 0.230 e. The van der Waals surface area contributed by atoms with Crippen LogP contribution in [0.2, 0.25) is 5.02 Å². The van der Waals surface area contributed by atoms with Crippen LogP contribution >= 0.6 is 23.4 Å². The van der Waals surface area contributed by atoms with Gasteiger partial charge in [0.15, 0.2) is 5.82 Å². The second-order valence-corrected chi connectivity index (χ2v) is 7.30. The predicted molar refractivity (Wildman–Crippen MR) is 106 cm³/mol. The standard InChI is InChI=1S/C20H17ClFN3OS/c1-13-10-19(25-20(24-13)15-4-8-17(22)9-5-15)27-12-18(26)23-11-14-2-6-16(21)7-3-14/h2-10H,11-12H2,1H3,(H,23,26). The summed E-state index contributed by atoms with van der Waals surface area (Å²) in [5.41, 5.74) is 2.50. The van der Waals surface area contributed by atoms with Gasteiger partial charge in [-0.2, -0.15) is 0 Å². The van der Waals surface area contributed by atoms with E-state index in [4.69, 9.17) is 11.6 Å². The summed E-state index contributed by atoms with van der Waals surface area (Å²) >= 11 is 7.18. The Morgan fingerprint density at radius 3 is 2.52 bits per heavy atom. The van der Waals surface area contributed by atoms with Crippen molar-refractivity contribution >= 4 is 29.3 Å². The van der Waals surface area contributed by atoms with Crippen molar-refractivity contribution in [3.05, 3.63) is 76.7 Å². The highest BCUT2D eigenvalue weighted by Crippen LogP contribution is 2.21. The number of hydrogen-bond acceptors (Lipinski definition) is 4. The van der Waals surface area contributed by atoms with Crippen LogP contribution in [0.5, 0.6) is 0 Å². The summed E-state index contributed by atoms with van der Waals surface area (Å²) in [5, 5.41) is 4.23. The molecule has 0 fully saturated rings. The van der Waals surface area contributed by atoms with Crippen LogP contribution in [0.15, 0.2) is 59.6 Å². The van der Waals surface area contributed by atoms with Crippen molar-refractivity contribution in [2.75, 3.05) is 5.75 Å². The number of amides is 1. The van der Waals surface area contributed by atoms with E-state index in [0.717, 1.165) is 16.8 Å². The zero-order chi connectivity index (χ0) is 19.2. The Hall–Kier alpha value is -2.44. The largest absolute Gasteiger partial charge is 0.351 e. The van der Waals surface area contributed by atoms with Gasteiger partial charge < -0.3 is 5.32 Å². The maximum Gasteiger partial charge on any atom is 0.230 e. The molecule has 2 aromatic carbocycles. The molecule has 1 N–H and O–H groups in total. The highest BCUT2D eigenvalue weighted by Gasteiger charge is 2.08. The maximum absolute atomic E-state index is 13.1. The molecular formula is C20H17ClFN3OS. The molecule has 0 spiro atoms. The monoisotopic (exact) mass is 401 g/mol. The molecule has 4 nitrogen and oxygen atoms in total. The van der Waals surface area contributed by atoms with E-state index in [1.807, 2.05) is 25.1 Å². The van der Waals surface area contributed by atoms with Gasteiger partial charge in [0.2, 0.25) is 5.91 Å². The van der Waals surface area contributed by atoms with Gasteiger partial charge in [0, 0.05) is 22.8 Å². The van der Waals surface area contributed by atoms with Gasteiger partial charge in [-0.1, -0.05) is 35.5 Å². The number of halogens is 2. The highest BCUT2D eigenvalue weighted by molar-refractivity contribution is 7.99. The van der Waals surface area contributed by atoms with Gasteiger partial charge in [0.25, 0.3) is 0 Å². The molecule has 0 aliphatic heterocycles. The first-order chi connectivity index (χ1) is 13.0. The van der Waals surface area contributed by atoms with Crippen molar-refractivity contribution < 1.29 is 9.18 Å². The van der Waals surface area contributed by atoms with Crippen LogP contribution in [0, 0.1) is 12.7 Å². The van der Waals surface area contributed by atoms with Crippen LogP contribution in [-0.2, 0) is 11.3 Å². The molecule has 0 saturated carbocycles. The highest BCUT2D eigenvalue weighted by atomic mass is 35.5. The zero-order valence-electron chi connectivity index (χ0n) is 14.6. The first kappa shape index (κ1) is 19.3. The molecular weight excluding hydrogens is 385 g/mol. The molecule has 1 aromatic heterocycles. The fourth-order valence-corrected chi connectivity index (χ4v) is 3.25. The van der Waals surface area contributed by atoms with Crippen LogP contribution in [0.1, 0.15) is 11.3 Å². The lowest BCUT2D eigenvalue weighted by Crippen LogP contribution is -2.24. The third-order valence-electron chi connectivity index (χ3n) is 3.69. The average molecular weight is 402 g/mol. The second kappa shape index (κ2) is 8.97. The fourth-order valence-electron chi connectivity index (χ4n) is 2.34. The van der Waals surface area contributed by atoms with Crippen LogP contribution < -0.4 is 5.32 Å². The van der Waals surface area contributed by atoms with Gasteiger partial charge in [-0.25, -0.2) is 14.4 Å². The van der Waals surface area contributed by atoms with Gasteiger partial charge >= 0.3 is 0 Å². The van der Waals surface area contributed by atoms with Crippen molar-refractivity contribution in [3.63, 3.8) is 0 Å². The third-order valence-corrected chi connectivity index (χ3v) is 4.85. The Kier molecular flexibility index (Phi) is 6.42. The summed E-state index contributed by atoms with van der Waals surface area (Å²) in [6.07, 6.45) is 0. The molecule has 0 aliphatic carbocycles. The van der Waals surface area contributed by atoms with E-state index in [0.29, 0.717) is 22.4 Å². The van der Waals surface area contributed by atoms with Crippen molar-refractivity contribution in [3.8, 4) is 11.4 Å². The summed E-state index contributed by atoms with van der Waals surface area (Å²) in [6.45, 7) is 2.31. The van der Waals surface area contributed by atoms with Crippen molar-refractivity contribution in [2.24, 2.45) is 0 Å². The number of carbonyl (C=O) groups is 1. The average Bonchev–Trinajstić information content (AvgIpc) is 2.66. The molecule has 3 rings (SSSR count). The van der Waals surface area contributed by atoms with E-state index in [2.05, 4.69) is 15.3 Å². The second-order valence-electron chi connectivity index (χ2n) is 5.87. The predicted octanol–water partition coefficient (Wildman–Crippen LogP) is 4.65. The number of carbonyl (C=O) groups excluding carboxylic acids is 1. The van der Waals surface area contributed by atoms with Crippen LogP contribution in [0.25, 0.3) is 11.4 Å². The number of rotatable bonds is 6. The molecule has 3 aromatic rings. The van der Waals surface area contributed by atoms with E-state index in [1.54, 1.807) is 24.3 Å². The minimum Gasteiger partial charge on any atom is -0.351 e. The Balaban J connectivity index is 1.59. The Morgan fingerprint density at radius 2 is 1.81 bits per heavy atom. The molecule has 0 atom stereocenters. The minimum absolute atomic E-state index is 0.0884. The van der Waals surface area contributed by atoms with Crippen molar-refractivity contribution in [2.45, 2.75) is 18.5 Å². The summed E-state index contributed by atoms with van der Waals surface area (Å²) in [6, 6.07) is 15.2. The first-order valence-corrected chi connectivity index (χ1v) is 9.61. The Bertz CT molecular complexity index is 933. The number of nitrogens with one attached hydrogen (secondary N) is 1. The van der Waals surface area contributed by atoms with E-state index >= 15 is 0 Å². The lowest BCUT2D eigenvalue weighted by Gasteiger charge is -2.07. The zero-order valence-corrected chi connectivity index (χ0v) is 16.1. The SMILES string of the molecule is Cc1cc(SCC(=O)NCc2ccc(Cl)cc2)nc(-c2ccc(F)cc2)n1. The van der Waals surface area contributed by atoms with E-state index < -0.39 is 0 Å². The van der Waals surface area contributed by atoms with Gasteiger partial charge in [0.05, 0.1) is 5.75 Å². The minimum atomic E-state index is -0.307. The van der Waals surface area contributed by atoms with Gasteiger partial charge in [-0.05, 0) is 55.0 Å². The first-order valence-electron chi connectivity index (χ1n) is 8.25. The summed E-state index contributed by atoms with van der Waals surface area (Å²) in [5.74, 6) is 0.361. The molecule has 27 heavy (non-hydrogen) atoms. The topological polar surface area (TPSA) is 54.9 Å². The quantitative estimate of drug-likeness (QED) is 0.482.